The van der Waals surface area contributed by atoms with Crippen molar-refractivity contribution in [1.82, 2.24) is 34.7 Å². The monoisotopic (exact) mass is 349 g/mol. The lowest BCUT2D eigenvalue weighted by atomic mass is 10.1. The van der Waals surface area contributed by atoms with Crippen LogP contribution in [0.3, 0.4) is 0 Å². The Morgan fingerprint density at radius 1 is 1.15 bits per heavy atom. The molecule has 0 spiro atoms. The van der Waals surface area contributed by atoms with Gasteiger partial charge in [-0.25, -0.2) is 9.67 Å². The van der Waals surface area contributed by atoms with Crippen LogP contribution < -0.4 is 0 Å². The van der Waals surface area contributed by atoms with Crippen LogP contribution in [0.15, 0.2) is 41.3 Å². The summed E-state index contributed by atoms with van der Waals surface area (Å²) >= 11 is 0. The smallest absolute Gasteiger partial charge is 0.234 e. The summed E-state index contributed by atoms with van der Waals surface area (Å²) in [6, 6.07) is 5.83. The third-order valence-corrected chi connectivity index (χ3v) is 4.27. The summed E-state index contributed by atoms with van der Waals surface area (Å²) in [4.78, 5) is 8.99. The number of hydrogen-bond donors (Lipinski definition) is 0. The Balaban J connectivity index is 1.59. The highest BCUT2D eigenvalue weighted by molar-refractivity contribution is 5.54. The highest BCUT2D eigenvalue weighted by atomic mass is 16.5. The number of aryl methyl sites for hydroxylation is 3. The van der Waals surface area contributed by atoms with Crippen molar-refractivity contribution in [1.29, 1.82) is 0 Å². The summed E-state index contributed by atoms with van der Waals surface area (Å²) in [6.45, 7) is 5.97. The van der Waals surface area contributed by atoms with Crippen LogP contribution in [-0.4, -0.2) is 34.7 Å². The molecule has 4 rings (SSSR count). The molecule has 0 N–H and O–H groups in total. The third kappa shape index (κ3) is 2.90. The zero-order valence-corrected chi connectivity index (χ0v) is 15.1. The zero-order chi connectivity index (χ0) is 18.3. The highest BCUT2D eigenvalue weighted by Crippen LogP contribution is 2.24. The molecule has 0 radical (unpaired) electrons. The average molecular weight is 349 g/mol. The number of hydrogen-bond acceptors (Lipinski definition) is 6. The van der Waals surface area contributed by atoms with Crippen molar-refractivity contribution in [3.8, 4) is 17.2 Å². The fourth-order valence-corrected chi connectivity index (χ4v) is 2.84. The van der Waals surface area contributed by atoms with Crippen LogP contribution in [0.2, 0.25) is 0 Å². The predicted octanol–water partition coefficient (Wildman–Crippen LogP) is 2.82. The molecule has 0 aliphatic carbocycles. The first kappa shape index (κ1) is 16.2. The van der Waals surface area contributed by atoms with E-state index in [1.807, 2.05) is 56.9 Å². The van der Waals surface area contributed by atoms with Gasteiger partial charge in [0.1, 0.15) is 0 Å². The van der Waals surface area contributed by atoms with Gasteiger partial charge in [-0.15, -0.1) is 0 Å². The lowest BCUT2D eigenvalue weighted by Gasteiger charge is -2.03. The summed E-state index contributed by atoms with van der Waals surface area (Å²) in [5, 5.41) is 12.7. The van der Waals surface area contributed by atoms with Crippen molar-refractivity contribution in [3.05, 3.63) is 59.6 Å². The van der Waals surface area contributed by atoms with E-state index in [2.05, 4.69) is 25.3 Å². The van der Waals surface area contributed by atoms with Gasteiger partial charge in [0, 0.05) is 36.3 Å². The molecule has 4 aromatic heterocycles. The molecular weight excluding hydrogens is 330 g/mol. The minimum absolute atomic E-state index is 0.0214. The number of pyridine rings is 1. The van der Waals surface area contributed by atoms with Gasteiger partial charge in [0.05, 0.1) is 17.8 Å². The van der Waals surface area contributed by atoms with E-state index in [4.69, 9.17) is 4.52 Å². The Kier molecular flexibility index (Phi) is 3.87. The molecule has 1 atom stereocenters. The van der Waals surface area contributed by atoms with Crippen molar-refractivity contribution < 1.29 is 4.52 Å². The minimum atomic E-state index is -0.0214. The first-order valence-electron chi connectivity index (χ1n) is 8.33. The number of rotatable bonds is 4. The van der Waals surface area contributed by atoms with Gasteiger partial charge in [0.25, 0.3) is 0 Å². The molecule has 8 heteroatoms. The van der Waals surface area contributed by atoms with Gasteiger partial charge in [-0.05, 0) is 39.0 Å². The van der Waals surface area contributed by atoms with E-state index in [-0.39, 0.29) is 5.92 Å². The van der Waals surface area contributed by atoms with Gasteiger partial charge in [0.2, 0.25) is 11.7 Å². The van der Waals surface area contributed by atoms with Crippen LogP contribution >= 0.6 is 0 Å². The third-order valence-electron chi connectivity index (χ3n) is 4.27. The van der Waals surface area contributed by atoms with Crippen LogP contribution in [-0.2, 0) is 7.05 Å². The Hall–Kier alpha value is -3.29. The molecule has 0 aromatic carbocycles. The largest absolute Gasteiger partial charge is 0.338 e. The maximum Gasteiger partial charge on any atom is 0.234 e. The lowest BCUT2D eigenvalue weighted by Crippen LogP contribution is -2.01. The van der Waals surface area contributed by atoms with Gasteiger partial charge in [-0.1, -0.05) is 5.16 Å². The second-order valence-electron chi connectivity index (χ2n) is 6.37. The Bertz CT molecular complexity index is 1040. The van der Waals surface area contributed by atoms with Crippen molar-refractivity contribution in [2.24, 2.45) is 7.05 Å². The Morgan fingerprint density at radius 2 is 2.00 bits per heavy atom. The van der Waals surface area contributed by atoms with E-state index in [1.54, 1.807) is 17.1 Å². The highest BCUT2D eigenvalue weighted by Gasteiger charge is 2.18. The molecule has 0 aliphatic heterocycles. The lowest BCUT2D eigenvalue weighted by molar-refractivity contribution is 0.371. The standard InChI is InChI=1S/C18H19N7O/c1-11-7-12(2)25(22-11)16-6-5-14(8-19-16)17-21-18(26-23-17)13(3)15-9-20-24(4)10-15/h5-10,13H,1-4H3. The zero-order valence-electron chi connectivity index (χ0n) is 15.1. The molecule has 4 heterocycles. The van der Waals surface area contributed by atoms with E-state index < -0.39 is 0 Å². The van der Waals surface area contributed by atoms with E-state index in [9.17, 15) is 0 Å². The molecule has 26 heavy (non-hydrogen) atoms. The molecule has 132 valence electrons. The first-order valence-corrected chi connectivity index (χ1v) is 8.33. The fourth-order valence-electron chi connectivity index (χ4n) is 2.84. The second kappa shape index (κ2) is 6.21. The molecule has 8 nitrogen and oxygen atoms in total. The summed E-state index contributed by atoms with van der Waals surface area (Å²) in [6.07, 6.45) is 5.48. The molecule has 0 saturated heterocycles. The SMILES string of the molecule is Cc1cc(C)n(-c2ccc(-c3noc(C(C)c4cnn(C)c4)n3)cn2)n1. The second-order valence-corrected chi connectivity index (χ2v) is 6.37. The topological polar surface area (TPSA) is 87.5 Å². The van der Waals surface area contributed by atoms with E-state index in [1.165, 1.54) is 0 Å². The van der Waals surface area contributed by atoms with Crippen LogP contribution in [0, 0.1) is 13.8 Å². The Labute approximate surface area is 150 Å². The molecule has 0 bridgehead atoms. The fraction of sp³-hybridized carbons (Fsp3) is 0.278. The summed E-state index contributed by atoms with van der Waals surface area (Å²) < 4.78 is 9.00. The minimum Gasteiger partial charge on any atom is -0.338 e. The van der Waals surface area contributed by atoms with Gasteiger partial charge < -0.3 is 4.52 Å². The maximum atomic E-state index is 5.44. The maximum absolute atomic E-state index is 5.44. The molecule has 4 aromatic rings. The number of nitrogens with zero attached hydrogens (tertiary/aromatic N) is 7. The van der Waals surface area contributed by atoms with Gasteiger partial charge in [-0.2, -0.15) is 15.2 Å². The molecule has 0 aliphatic rings. The van der Waals surface area contributed by atoms with Crippen LogP contribution in [0.25, 0.3) is 17.2 Å². The van der Waals surface area contributed by atoms with Crippen molar-refractivity contribution >= 4 is 0 Å². The van der Waals surface area contributed by atoms with Crippen LogP contribution in [0.5, 0.6) is 0 Å². The van der Waals surface area contributed by atoms with Crippen molar-refractivity contribution in [2.75, 3.05) is 0 Å². The summed E-state index contributed by atoms with van der Waals surface area (Å²) in [7, 11) is 1.88. The van der Waals surface area contributed by atoms with Crippen LogP contribution in [0.1, 0.15) is 35.7 Å². The van der Waals surface area contributed by atoms with Gasteiger partial charge in [-0.3, -0.25) is 4.68 Å². The molecule has 0 amide bonds. The molecule has 1 unspecified atom stereocenters. The quantitative estimate of drug-likeness (QED) is 0.563. The average Bonchev–Trinajstić information content (AvgIpc) is 3.35. The van der Waals surface area contributed by atoms with Gasteiger partial charge >= 0.3 is 0 Å². The normalized spacial score (nSPS) is 12.5. The van der Waals surface area contributed by atoms with E-state index >= 15 is 0 Å². The van der Waals surface area contributed by atoms with Gasteiger partial charge in [0.15, 0.2) is 5.82 Å². The summed E-state index contributed by atoms with van der Waals surface area (Å²) in [5.41, 5.74) is 3.82. The van der Waals surface area contributed by atoms with Crippen molar-refractivity contribution in [3.63, 3.8) is 0 Å². The number of aromatic nitrogens is 7. The predicted molar refractivity (Wildman–Crippen MR) is 94.9 cm³/mol. The first-order chi connectivity index (χ1) is 12.5. The Morgan fingerprint density at radius 3 is 2.62 bits per heavy atom. The van der Waals surface area contributed by atoms with Crippen molar-refractivity contribution in [2.45, 2.75) is 26.7 Å². The summed E-state index contributed by atoms with van der Waals surface area (Å²) in [5.74, 6) is 1.80. The van der Waals surface area contributed by atoms with E-state index in [0.29, 0.717) is 11.7 Å². The van der Waals surface area contributed by atoms with Crippen LogP contribution in [0.4, 0.5) is 0 Å². The van der Waals surface area contributed by atoms with E-state index in [0.717, 1.165) is 28.3 Å². The molecular formula is C18H19N7O. The molecule has 0 fully saturated rings. The molecule has 0 saturated carbocycles.